The largest absolute Gasteiger partial charge is 0.200 e. The maximum absolute atomic E-state index is 5.81. The molecule has 0 spiro atoms. The van der Waals surface area contributed by atoms with Crippen molar-refractivity contribution >= 4 is 46.6 Å². The summed E-state index contributed by atoms with van der Waals surface area (Å²) in [4.78, 5) is 0. The molecule has 0 radical (unpaired) electrons. The van der Waals surface area contributed by atoms with Crippen molar-refractivity contribution in [1.82, 2.24) is 4.42 Å². The zero-order valence-electron chi connectivity index (χ0n) is 5.16. The molecule has 0 bridgehead atoms. The molecule has 0 saturated carbocycles. The summed E-state index contributed by atoms with van der Waals surface area (Å²) in [5.74, 6) is 0. The second-order valence-electron chi connectivity index (χ2n) is 2.28. The van der Waals surface area contributed by atoms with Crippen LogP contribution in [-0.2, 0) is 0 Å². The first-order valence-electron chi connectivity index (χ1n) is 3.00. The summed E-state index contributed by atoms with van der Waals surface area (Å²) < 4.78 is 0.249. The van der Waals surface area contributed by atoms with Crippen molar-refractivity contribution in [1.29, 1.82) is 0 Å². The van der Waals surface area contributed by atoms with E-state index >= 15 is 0 Å². The molecule has 1 nitrogen and oxygen atoms in total. The molecule has 0 amide bonds. The van der Waals surface area contributed by atoms with Gasteiger partial charge in [-0.3, -0.25) is 0 Å². The minimum atomic E-state index is -1.10. The van der Waals surface area contributed by atoms with Crippen LogP contribution in [-0.4, -0.2) is 20.8 Å². The maximum atomic E-state index is 5.81. The summed E-state index contributed by atoms with van der Waals surface area (Å²) in [5, 5.41) is -0.276. The van der Waals surface area contributed by atoms with Crippen LogP contribution in [0.25, 0.3) is 0 Å². The summed E-state index contributed by atoms with van der Waals surface area (Å²) in [6.07, 6.45) is 1.76. The molecule has 1 atom stereocenters. The van der Waals surface area contributed by atoms with Gasteiger partial charge < -0.3 is 0 Å². The van der Waals surface area contributed by atoms with E-state index in [1.54, 1.807) is 0 Å². The van der Waals surface area contributed by atoms with Crippen molar-refractivity contribution in [3.05, 3.63) is 0 Å². The van der Waals surface area contributed by atoms with Crippen molar-refractivity contribution in [2.24, 2.45) is 0 Å². The third kappa shape index (κ3) is 1.64. The quantitative estimate of drug-likeness (QED) is 0.346. The highest BCUT2D eigenvalue weighted by Gasteiger charge is 2.41. The standard InChI is InChI=1S/C5H7Cl4N/c6-4-2-1-3-10(9)5(4,7)8/h4H,1-3H2. The summed E-state index contributed by atoms with van der Waals surface area (Å²) in [5.41, 5.74) is 0. The number of nitrogens with zero attached hydrogens (tertiary/aromatic N) is 1. The zero-order chi connectivity index (χ0) is 7.78. The first-order valence-corrected chi connectivity index (χ1v) is 4.53. The predicted molar refractivity (Wildman–Crippen MR) is 45.9 cm³/mol. The van der Waals surface area contributed by atoms with Crippen LogP contribution in [0, 0.1) is 0 Å². The van der Waals surface area contributed by atoms with Gasteiger partial charge in [-0.1, -0.05) is 23.2 Å². The van der Waals surface area contributed by atoms with Crippen molar-refractivity contribution in [3.8, 4) is 0 Å². The molecule has 1 unspecified atom stereocenters. The van der Waals surface area contributed by atoms with Crippen LogP contribution < -0.4 is 0 Å². The van der Waals surface area contributed by atoms with Crippen LogP contribution in [0.5, 0.6) is 0 Å². The van der Waals surface area contributed by atoms with Gasteiger partial charge in [-0.25, -0.2) is 0 Å². The second-order valence-corrected chi connectivity index (χ2v) is 4.56. The molecule has 60 valence electrons. The highest BCUT2D eigenvalue weighted by molar-refractivity contribution is 6.53. The Hall–Kier alpha value is 1.12. The number of piperidine rings is 1. The molecular formula is C5H7Cl4N. The fourth-order valence-corrected chi connectivity index (χ4v) is 1.83. The average Bonchev–Trinajstić information content (AvgIpc) is 1.84. The van der Waals surface area contributed by atoms with E-state index in [0.717, 1.165) is 12.8 Å². The minimum absolute atomic E-state index is 0.276. The highest BCUT2D eigenvalue weighted by Crippen LogP contribution is 2.40. The first kappa shape index (κ1) is 9.21. The van der Waals surface area contributed by atoms with E-state index in [-0.39, 0.29) is 5.38 Å². The second kappa shape index (κ2) is 3.24. The molecule has 1 fully saturated rings. The molecule has 1 heterocycles. The van der Waals surface area contributed by atoms with Crippen molar-refractivity contribution < 1.29 is 0 Å². The molecule has 10 heavy (non-hydrogen) atoms. The van der Waals surface area contributed by atoms with Crippen molar-refractivity contribution in [2.45, 2.75) is 22.7 Å². The summed E-state index contributed by atoms with van der Waals surface area (Å²) in [6, 6.07) is 0. The first-order chi connectivity index (χ1) is 4.55. The van der Waals surface area contributed by atoms with Gasteiger partial charge in [0.2, 0.25) is 0 Å². The predicted octanol–water partition coefficient (Wildman–Crippen LogP) is 2.97. The van der Waals surface area contributed by atoms with Crippen LogP contribution in [0.4, 0.5) is 0 Å². The number of hydrogen-bond acceptors (Lipinski definition) is 1. The van der Waals surface area contributed by atoms with Crippen LogP contribution >= 0.6 is 46.6 Å². The molecule has 1 rings (SSSR count). The number of alkyl halides is 3. The van der Waals surface area contributed by atoms with Gasteiger partial charge >= 0.3 is 0 Å². The van der Waals surface area contributed by atoms with Gasteiger partial charge in [0.05, 0.1) is 5.38 Å². The summed E-state index contributed by atoms with van der Waals surface area (Å²) >= 11 is 23.1. The molecule has 0 N–H and O–H groups in total. The van der Waals surface area contributed by atoms with Gasteiger partial charge in [0, 0.05) is 6.54 Å². The Balaban J connectivity index is 2.63. The molecule has 0 aromatic heterocycles. The van der Waals surface area contributed by atoms with E-state index < -0.39 is 4.46 Å². The van der Waals surface area contributed by atoms with E-state index in [1.807, 2.05) is 0 Å². The lowest BCUT2D eigenvalue weighted by Crippen LogP contribution is -2.45. The van der Waals surface area contributed by atoms with Gasteiger partial charge in [0.25, 0.3) is 0 Å². The number of halogens is 4. The summed E-state index contributed by atoms with van der Waals surface area (Å²) in [6.45, 7) is 0.692. The van der Waals surface area contributed by atoms with Crippen LogP contribution in [0.3, 0.4) is 0 Å². The smallest absolute Gasteiger partial charge is 0.185 e. The van der Waals surface area contributed by atoms with Crippen molar-refractivity contribution in [2.75, 3.05) is 6.54 Å². The van der Waals surface area contributed by atoms with E-state index in [0.29, 0.717) is 6.54 Å². The van der Waals surface area contributed by atoms with Gasteiger partial charge in [-0.05, 0) is 24.6 Å². The number of hydrogen-bond donors (Lipinski definition) is 0. The van der Waals surface area contributed by atoms with E-state index in [9.17, 15) is 0 Å². The topological polar surface area (TPSA) is 3.24 Å². The molecular weight excluding hydrogens is 216 g/mol. The fourth-order valence-electron chi connectivity index (χ4n) is 0.884. The normalized spacial score (nSPS) is 34.2. The third-order valence-corrected chi connectivity index (χ3v) is 3.81. The molecule has 0 aromatic carbocycles. The average molecular weight is 223 g/mol. The lowest BCUT2D eigenvalue weighted by atomic mass is 10.1. The van der Waals surface area contributed by atoms with E-state index in [1.165, 1.54) is 4.42 Å². The minimum Gasteiger partial charge on any atom is -0.185 e. The van der Waals surface area contributed by atoms with E-state index in [2.05, 4.69) is 0 Å². The molecule has 1 aliphatic rings. The monoisotopic (exact) mass is 221 g/mol. The highest BCUT2D eigenvalue weighted by atomic mass is 35.5. The Morgan fingerprint density at radius 2 is 2.00 bits per heavy atom. The van der Waals surface area contributed by atoms with Gasteiger partial charge in [0.15, 0.2) is 4.46 Å². The Bertz CT molecular complexity index is 115. The molecule has 1 saturated heterocycles. The van der Waals surface area contributed by atoms with Crippen LogP contribution in [0.1, 0.15) is 12.8 Å². The van der Waals surface area contributed by atoms with E-state index in [4.69, 9.17) is 46.6 Å². The Labute approximate surface area is 80.3 Å². The molecule has 0 aliphatic carbocycles. The lowest BCUT2D eigenvalue weighted by molar-refractivity contribution is 0.306. The molecule has 0 aromatic rings. The third-order valence-electron chi connectivity index (χ3n) is 1.51. The maximum Gasteiger partial charge on any atom is 0.200 e. The Kier molecular flexibility index (Phi) is 2.98. The SMILES string of the molecule is ClC1CCCN(Cl)C1(Cl)Cl. The van der Waals surface area contributed by atoms with Gasteiger partial charge in [-0.2, -0.15) is 4.42 Å². The Morgan fingerprint density at radius 1 is 1.40 bits per heavy atom. The van der Waals surface area contributed by atoms with Crippen LogP contribution in [0.15, 0.2) is 0 Å². The molecule has 1 aliphatic heterocycles. The van der Waals surface area contributed by atoms with Gasteiger partial charge in [0.1, 0.15) is 0 Å². The van der Waals surface area contributed by atoms with Gasteiger partial charge in [-0.15, -0.1) is 11.6 Å². The fraction of sp³-hybridized carbons (Fsp3) is 1.00. The lowest BCUT2D eigenvalue weighted by Gasteiger charge is -2.36. The van der Waals surface area contributed by atoms with Crippen molar-refractivity contribution in [3.63, 3.8) is 0 Å². The zero-order valence-corrected chi connectivity index (χ0v) is 8.18. The molecule has 5 heteroatoms. The number of rotatable bonds is 0. The summed E-state index contributed by atoms with van der Waals surface area (Å²) in [7, 11) is 0. The Morgan fingerprint density at radius 3 is 2.40 bits per heavy atom. The van der Waals surface area contributed by atoms with Crippen LogP contribution in [0.2, 0.25) is 0 Å².